The molecule has 0 amide bonds. The molecule has 0 unspecified atom stereocenters. The smallest absolute Gasteiger partial charge is 0.0997 e. The fourth-order valence-corrected chi connectivity index (χ4v) is 1.29. The SMILES string of the molecule is CCCNC/C=C/c1ccccc1C#N. The van der Waals surface area contributed by atoms with Crippen LogP contribution >= 0.6 is 0 Å². The molecule has 2 nitrogen and oxygen atoms in total. The Bertz CT molecular complexity index is 361. The monoisotopic (exact) mass is 200 g/mol. The van der Waals surface area contributed by atoms with Crippen LogP contribution in [0.5, 0.6) is 0 Å². The van der Waals surface area contributed by atoms with Crippen molar-refractivity contribution < 1.29 is 0 Å². The van der Waals surface area contributed by atoms with E-state index in [0.717, 1.165) is 30.6 Å². The average Bonchev–Trinajstić information content (AvgIpc) is 2.29. The van der Waals surface area contributed by atoms with Crippen LogP contribution in [0.3, 0.4) is 0 Å². The highest BCUT2D eigenvalue weighted by molar-refractivity contribution is 5.57. The zero-order valence-corrected chi connectivity index (χ0v) is 9.03. The summed E-state index contributed by atoms with van der Waals surface area (Å²) in [4.78, 5) is 0. The largest absolute Gasteiger partial charge is 0.313 e. The molecule has 1 rings (SSSR count). The van der Waals surface area contributed by atoms with Crippen molar-refractivity contribution in [2.75, 3.05) is 13.1 Å². The summed E-state index contributed by atoms with van der Waals surface area (Å²) in [5.74, 6) is 0. The summed E-state index contributed by atoms with van der Waals surface area (Å²) in [6.45, 7) is 4.03. The molecule has 0 radical (unpaired) electrons. The van der Waals surface area contributed by atoms with E-state index in [9.17, 15) is 0 Å². The summed E-state index contributed by atoms with van der Waals surface area (Å²) < 4.78 is 0. The summed E-state index contributed by atoms with van der Waals surface area (Å²) in [5.41, 5.74) is 1.71. The minimum Gasteiger partial charge on any atom is -0.313 e. The lowest BCUT2D eigenvalue weighted by Crippen LogP contribution is -2.13. The second kappa shape index (κ2) is 6.80. The first-order valence-electron chi connectivity index (χ1n) is 5.25. The highest BCUT2D eigenvalue weighted by atomic mass is 14.8. The number of nitrogens with one attached hydrogen (secondary N) is 1. The van der Waals surface area contributed by atoms with Crippen molar-refractivity contribution in [3.8, 4) is 6.07 Å². The molecule has 0 spiro atoms. The quantitative estimate of drug-likeness (QED) is 0.741. The summed E-state index contributed by atoms with van der Waals surface area (Å²) in [5, 5.41) is 12.1. The number of benzene rings is 1. The molecular formula is C13H16N2. The molecule has 0 bridgehead atoms. The molecule has 0 aliphatic rings. The molecule has 0 heterocycles. The molecule has 1 N–H and O–H groups in total. The van der Waals surface area contributed by atoms with E-state index in [-0.39, 0.29) is 0 Å². The van der Waals surface area contributed by atoms with Crippen LogP contribution in [0.25, 0.3) is 6.08 Å². The van der Waals surface area contributed by atoms with E-state index in [2.05, 4.69) is 18.3 Å². The lowest BCUT2D eigenvalue weighted by Gasteiger charge is -1.98. The second-order valence-corrected chi connectivity index (χ2v) is 3.31. The highest BCUT2D eigenvalue weighted by Crippen LogP contribution is 2.08. The molecule has 0 fully saturated rings. The fraction of sp³-hybridized carbons (Fsp3) is 0.308. The zero-order valence-electron chi connectivity index (χ0n) is 9.03. The van der Waals surface area contributed by atoms with E-state index in [1.54, 1.807) is 0 Å². The topological polar surface area (TPSA) is 35.8 Å². The maximum Gasteiger partial charge on any atom is 0.0997 e. The van der Waals surface area contributed by atoms with Crippen molar-refractivity contribution in [3.05, 3.63) is 41.5 Å². The van der Waals surface area contributed by atoms with E-state index in [0.29, 0.717) is 0 Å². The van der Waals surface area contributed by atoms with Crippen molar-refractivity contribution in [3.63, 3.8) is 0 Å². The Labute approximate surface area is 91.2 Å². The molecule has 0 saturated carbocycles. The van der Waals surface area contributed by atoms with Gasteiger partial charge in [0.25, 0.3) is 0 Å². The van der Waals surface area contributed by atoms with Crippen LogP contribution < -0.4 is 5.32 Å². The molecule has 1 aromatic carbocycles. The molecule has 1 aromatic rings. The first kappa shape index (κ1) is 11.5. The van der Waals surface area contributed by atoms with Crippen LogP contribution in [-0.2, 0) is 0 Å². The molecule has 15 heavy (non-hydrogen) atoms. The Balaban J connectivity index is 2.53. The third-order valence-electron chi connectivity index (χ3n) is 2.07. The third-order valence-corrected chi connectivity index (χ3v) is 2.07. The summed E-state index contributed by atoms with van der Waals surface area (Å²) in [6.07, 6.45) is 5.18. The molecule has 0 aromatic heterocycles. The zero-order chi connectivity index (χ0) is 10.9. The standard InChI is InChI=1S/C13H16N2/c1-2-9-15-10-5-8-12-6-3-4-7-13(12)11-14/h3-8,15H,2,9-10H2,1H3/b8-5+. The van der Waals surface area contributed by atoms with Crippen molar-refractivity contribution >= 4 is 6.08 Å². The van der Waals surface area contributed by atoms with Gasteiger partial charge in [0.2, 0.25) is 0 Å². The minimum absolute atomic E-state index is 0.726. The van der Waals surface area contributed by atoms with Gasteiger partial charge in [0.15, 0.2) is 0 Å². The summed E-state index contributed by atoms with van der Waals surface area (Å²) >= 11 is 0. The van der Waals surface area contributed by atoms with Crippen molar-refractivity contribution in [2.24, 2.45) is 0 Å². The predicted octanol–water partition coefficient (Wildman–Crippen LogP) is 2.57. The summed E-state index contributed by atoms with van der Waals surface area (Å²) in [7, 11) is 0. The Kier molecular flexibility index (Phi) is 5.21. The van der Waals surface area contributed by atoms with Gasteiger partial charge in [0.1, 0.15) is 0 Å². The maximum absolute atomic E-state index is 8.86. The predicted molar refractivity (Wildman–Crippen MR) is 63.4 cm³/mol. The van der Waals surface area contributed by atoms with Crippen LogP contribution in [0, 0.1) is 11.3 Å². The molecule has 2 heteroatoms. The van der Waals surface area contributed by atoms with Gasteiger partial charge < -0.3 is 5.32 Å². The molecule has 0 aliphatic heterocycles. The molecule has 78 valence electrons. The van der Waals surface area contributed by atoms with Gasteiger partial charge >= 0.3 is 0 Å². The second-order valence-electron chi connectivity index (χ2n) is 3.31. The molecule has 0 aliphatic carbocycles. The van der Waals surface area contributed by atoms with Gasteiger partial charge in [-0.25, -0.2) is 0 Å². The normalized spacial score (nSPS) is 10.4. The molecule has 0 atom stereocenters. The van der Waals surface area contributed by atoms with Gasteiger partial charge in [0.05, 0.1) is 11.6 Å². The van der Waals surface area contributed by atoms with E-state index in [4.69, 9.17) is 5.26 Å². The van der Waals surface area contributed by atoms with Crippen LogP contribution in [-0.4, -0.2) is 13.1 Å². The number of rotatable bonds is 5. The van der Waals surface area contributed by atoms with Gasteiger partial charge in [-0.15, -0.1) is 0 Å². The van der Waals surface area contributed by atoms with Crippen molar-refractivity contribution in [1.29, 1.82) is 5.26 Å². The molecule has 0 saturated heterocycles. The van der Waals surface area contributed by atoms with Gasteiger partial charge in [0, 0.05) is 6.54 Å². The minimum atomic E-state index is 0.726. The Morgan fingerprint density at radius 2 is 2.20 bits per heavy atom. The molecular weight excluding hydrogens is 184 g/mol. The maximum atomic E-state index is 8.86. The Morgan fingerprint density at radius 3 is 2.93 bits per heavy atom. The third kappa shape index (κ3) is 3.97. The Morgan fingerprint density at radius 1 is 1.40 bits per heavy atom. The van der Waals surface area contributed by atoms with E-state index >= 15 is 0 Å². The Hall–Kier alpha value is -1.59. The highest BCUT2D eigenvalue weighted by Gasteiger charge is 1.94. The van der Waals surface area contributed by atoms with Crippen LogP contribution in [0.2, 0.25) is 0 Å². The van der Waals surface area contributed by atoms with Gasteiger partial charge in [-0.2, -0.15) is 5.26 Å². The van der Waals surface area contributed by atoms with Crippen LogP contribution in [0.15, 0.2) is 30.3 Å². The van der Waals surface area contributed by atoms with Gasteiger partial charge in [-0.05, 0) is 24.6 Å². The average molecular weight is 200 g/mol. The van der Waals surface area contributed by atoms with E-state index < -0.39 is 0 Å². The van der Waals surface area contributed by atoms with Crippen molar-refractivity contribution in [1.82, 2.24) is 5.32 Å². The summed E-state index contributed by atoms with van der Waals surface area (Å²) in [6, 6.07) is 9.79. The number of hydrogen-bond acceptors (Lipinski definition) is 2. The van der Waals surface area contributed by atoms with E-state index in [1.165, 1.54) is 0 Å². The lowest BCUT2D eigenvalue weighted by molar-refractivity contribution is 0.730. The first-order chi connectivity index (χ1) is 7.38. The first-order valence-corrected chi connectivity index (χ1v) is 5.25. The fourth-order valence-electron chi connectivity index (χ4n) is 1.29. The van der Waals surface area contributed by atoms with Crippen molar-refractivity contribution in [2.45, 2.75) is 13.3 Å². The van der Waals surface area contributed by atoms with Gasteiger partial charge in [-0.1, -0.05) is 37.3 Å². The number of hydrogen-bond donors (Lipinski definition) is 1. The number of nitrogens with zero attached hydrogens (tertiary/aromatic N) is 1. The van der Waals surface area contributed by atoms with E-state index in [1.807, 2.05) is 36.4 Å². The van der Waals surface area contributed by atoms with Crippen LogP contribution in [0.1, 0.15) is 24.5 Å². The van der Waals surface area contributed by atoms with Crippen LogP contribution in [0.4, 0.5) is 0 Å². The lowest BCUT2D eigenvalue weighted by atomic mass is 10.1. The van der Waals surface area contributed by atoms with Gasteiger partial charge in [-0.3, -0.25) is 0 Å². The number of nitriles is 1.